The molecule has 4 heterocycles. The summed E-state index contributed by atoms with van der Waals surface area (Å²) in [6, 6.07) is 8.19. The molecule has 5 atom stereocenters. The molecule has 1 spiro atoms. The normalized spacial score (nSPS) is 29.9. The van der Waals surface area contributed by atoms with E-state index < -0.39 is 29.6 Å². The van der Waals surface area contributed by atoms with Crippen molar-refractivity contribution in [3.8, 4) is 0 Å². The molecule has 2 saturated heterocycles. The first kappa shape index (κ1) is 25.1. The van der Waals surface area contributed by atoms with Crippen molar-refractivity contribution in [2.75, 3.05) is 5.32 Å². The minimum atomic E-state index is -1.20. The van der Waals surface area contributed by atoms with Crippen LogP contribution in [0, 0.1) is 18.8 Å². The fourth-order valence-electron chi connectivity index (χ4n) is 6.55. The van der Waals surface area contributed by atoms with Crippen LogP contribution in [-0.4, -0.2) is 51.4 Å². The molecule has 2 aromatic rings. The van der Waals surface area contributed by atoms with Crippen LogP contribution in [0.3, 0.4) is 0 Å². The number of hydrogen-bond acceptors (Lipinski definition) is 5. The van der Waals surface area contributed by atoms with E-state index >= 15 is 0 Å². The van der Waals surface area contributed by atoms with Crippen molar-refractivity contribution in [3.05, 3.63) is 71.0 Å². The maximum atomic E-state index is 14.1. The number of likely N-dealkylation sites (tertiary alicyclic amines) is 1. The second-order valence-corrected chi connectivity index (χ2v) is 11.2. The maximum absolute atomic E-state index is 14.1. The van der Waals surface area contributed by atoms with E-state index in [4.69, 9.17) is 16.3 Å². The van der Waals surface area contributed by atoms with E-state index in [2.05, 4.69) is 15.6 Å². The molecule has 2 bridgehead atoms. The summed E-state index contributed by atoms with van der Waals surface area (Å²) in [5.41, 5.74) is 1.06. The molecule has 4 aliphatic rings. The van der Waals surface area contributed by atoms with Gasteiger partial charge in [-0.2, -0.15) is 0 Å². The average molecular weight is 535 g/mol. The lowest BCUT2D eigenvalue weighted by Crippen LogP contribution is -2.56. The average Bonchev–Trinajstić information content (AvgIpc) is 3.55. The highest BCUT2D eigenvalue weighted by atomic mass is 35.5. The Morgan fingerprint density at radius 2 is 2.00 bits per heavy atom. The number of nitrogens with zero attached hydrogens (tertiary/aromatic N) is 2. The predicted octanol–water partition coefficient (Wildman–Crippen LogP) is 3.78. The van der Waals surface area contributed by atoms with E-state index in [1.165, 1.54) is 6.42 Å². The quantitative estimate of drug-likeness (QED) is 0.549. The van der Waals surface area contributed by atoms with E-state index in [-0.39, 0.29) is 30.3 Å². The largest absolute Gasteiger partial charge is 0.359 e. The van der Waals surface area contributed by atoms with Crippen molar-refractivity contribution in [1.82, 2.24) is 15.2 Å². The molecule has 3 amide bonds. The third kappa shape index (κ3) is 4.20. The lowest BCUT2D eigenvalue weighted by molar-refractivity contribution is -0.142. The molecular formula is C29H31ClN4O4. The topological polar surface area (TPSA) is 101 Å². The van der Waals surface area contributed by atoms with Gasteiger partial charge >= 0.3 is 0 Å². The fraction of sp³-hybridized carbons (Fsp3) is 0.448. The van der Waals surface area contributed by atoms with Crippen LogP contribution in [0.1, 0.15) is 43.2 Å². The van der Waals surface area contributed by atoms with Gasteiger partial charge in [0.2, 0.25) is 17.7 Å². The van der Waals surface area contributed by atoms with Crippen LogP contribution >= 0.6 is 11.6 Å². The molecular weight excluding hydrogens is 504 g/mol. The first-order chi connectivity index (χ1) is 18.4. The Kier molecular flexibility index (Phi) is 6.48. The summed E-state index contributed by atoms with van der Waals surface area (Å²) >= 11 is 6.26. The van der Waals surface area contributed by atoms with Crippen molar-refractivity contribution in [2.45, 2.75) is 69.4 Å². The highest BCUT2D eigenvalue weighted by Gasteiger charge is 2.72. The number of aromatic nitrogens is 1. The number of benzene rings is 1. The fourth-order valence-corrected chi connectivity index (χ4v) is 6.73. The van der Waals surface area contributed by atoms with Crippen LogP contribution in [-0.2, 0) is 25.7 Å². The van der Waals surface area contributed by atoms with Gasteiger partial charge in [-0.1, -0.05) is 55.1 Å². The number of hydrogen-bond donors (Lipinski definition) is 2. The Labute approximate surface area is 226 Å². The number of pyridine rings is 1. The SMILES string of the molecule is Cc1ccc(NC(=O)[C@H]2[C@H]3C=C[C@@]4(O3)[C@H]2C(=O)N(Cc2cccnc2)[C@@H]4C(=O)NC2CCCCC2)cc1Cl. The summed E-state index contributed by atoms with van der Waals surface area (Å²) in [7, 11) is 0. The van der Waals surface area contributed by atoms with Gasteiger partial charge < -0.3 is 20.3 Å². The summed E-state index contributed by atoms with van der Waals surface area (Å²) in [5, 5.41) is 6.67. The van der Waals surface area contributed by atoms with Crippen LogP contribution in [0.2, 0.25) is 5.02 Å². The Morgan fingerprint density at radius 1 is 1.18 bits per heavy atom. The molecule has 0 unspecified atom stereocenters. The molecule has 1 aliphatic carbocycles. The van der Waals surface area contributed by atoms with Crippen molar-refractivity contribution in [3.63, 3.8) is 0 Å². The Hall–Kier alpha value is -3.23. The number of halogens is 1. The van der Waals surface area contributed by atoms with Crippen LogP contribution in [0.5, 0.6) is 0 Å². The molecule has 1 aromatic carbocycles. The summed E-state index contributed by atoms with van der Waals surface area (Å²) in [4.78, 5) is 47.3. The van der Waals surface area contributed by atoms with Gasteiger partial charge in [0.05, 0.1) is 17.9 Å². The van der Waals surface area contributed by atoms with E-state index in [0.29, 0.717) is 10.7 Å². The number of amides is 3. The highest BCUT2D eigenvalue weighted by Crippen LogP contribution is 2.55. The molecule has 3 aliphatic heterocycles. The number of nitrogens with one attached hydrogen (secondary N) is 2. The van der Waals surface area contributed by atoms with Crippen LogP contribution in [0.25, 0.3) is 0 Å². The third-order valence-electron chi connectivity index (χ3n) is 8.39. The number of anilines is 1. The monoisotopic (exact) mass is 534 g/mol. The molecule has 198 valence electrons. The van der Waals surface area contributed by atoms with Crippen molar-refractivity contribution in [1.29, 1.82) is 0 Å². The van der Waals surface area contributed by atoms with Crippen LogP contribution in [0.4, 0.5) is 5.69 Å². The van der Waals surface area contributed by atoms with Crippen molar-refractivity contribution >= 4 is 35.0 Å². The van der Waals surface area contributed by atoms with Gasteiger partial charge in [-0.15, -0.1) is 0 Å². The van der Waals surface area contributed by atoms with Gasteiger partial charge in [0, 0.05) is 35.7 Å². The zero-order valence-electron chi connectivity index (χ0n) is 21.2. The number of aryl methyl sites for hydroxylation is 1. The minimum Gasteiger partial charge on any atom is -0.359 e. The molecule has 0 radical (unpaired) electrons. The molecule has 6 rings (SSSR count). The van der Waals surface area contributed by atoms with E-state index in [1.54, 1.807) is 35.5 Å². The molecule has 2 N–H and O–H groups in total. The Bertz CT molecular complexity index is 1290. The standard InChI is InChI=1S/C29H31ClN4O4/c1-17-9-10-20(14-21(17)30)33-26(35)23-22-11-12-29(38-22)24(23)28(37)34(16-18-6-5-13-31-15-18)25(29)27(36)32-19-7-3-2-4-8-19/h5-6,9-15,19,22-25H,2-4,7-8,16H2,1H3,(H,32,36)(H,33,35)/t22-,23+,24-,25-,29-/m1/s1. The highest BCUT2D eigenvalue weighted by molar-refractivity contribution is 6.31. The van der Waals surface area contributed by atoms with Gasteiger partial charge in [0.25, 0.3) is 0 Å². The van der Waals surface area contributed by atoms with Gasteiger partial charge in [0.15, 0.2) is 0 Å². The Morgan fingerprint density at radius 3 is 2.74 bits per heavy atom. The first-order valence-electron chi connectivity index (χ1n) is 13.3. The van der Waals surface area contributed by atoms with Crippen LogP contribution < -0.4 is 10.6 Å². The second-order valence-electron chi connectivity index (χ2n) is 10.8. The summed E-state index contributed by atoms with van der Waals surface area (Å²) in [5.74, 6) is -2.39. The molecule has 8 nitrogen and oxygen atoms in total. The second kappa shape index (κ2) is 9.82. The summed E-state index contributed by atoms with van der Waals surface area (Å²) in [6.45, 7) is 2.09. The number of fused-ring (bicyclic) bond motifs is 1. The van der Waals surface area contributed by atoms with Gasteiger partial charge in [-0.05, 0) is 49.1 Å². The predicted molar refractivity (Wildman–Crippen MR) is 142 cm³/mol. The third-order valence-corrected chi connectivity index (χ3v) is 8.80. The molecule has 38 heavy (non-hydrogen) atoms. The van der Waals surface area contributed by atoms with E-state index in [9.17, 15) is 14.4 Å². The maximum Gasteiger partial charge on any atom is 0.246 e. The van der Waals surface area contributed by atoms with E-state index in [1.807, 2.05) is 31.2 Å². The molecule has 1 aromatic heterocycles. The lowest BCUT2D eigenvalue weighted by Gasteiger charge is -2.34. The first-order valence-corrected chi connectivity index (χ1v) is 13.7. The van der Waals surface area contributed by atoms with E-state index in [0.717, 1.165) is 36.8 Å². The molecule has 1 saturated carbocycles. The number of rotatable bonds is 6. The number of carbonyl (C=O) groups is 3. The van der Waals surface area contributed by atoms with Crippen LogP contribution in [0.15, 0.2) is 54.9 Å². The van der Waals surface area contributed by atoms with Gasteiger partial charge in [-0.3, -0.25) is 19.4 Å². The summed E-state index contributed by atoms with van der Waals surface area (Å²) < 4.78 is 6.42. The zero-order valence-corrected chi connectivity index (χ0v) is 22.0. The smallest absolute Gasteiger partial charge is 0.246 e. The number of carbonyl (C=O) groups excluding carboxylic acids is 3. The Balaban J connectivity index is 1.32. The van der Waals surface area contributed by atoms with Gasteiger partial charge in [-0.25, -0.2) is 0 Å². The molecule has 9 heteroatoms. The number of ether oxygens (including phenoxy) is 1. The van der Waals surface area contributed by atoms with Crippen molar-refractivity contribution < 1.29 is 19.1 Å². The minimum absolute atomic E-state index is 0.0787. The molecule has 3 fully saturated rings. The summed E-state index contributed by atoms with van der Waals surface area (Å²) in [6.07, 6.45) is 11.6. The van der Waals surface area contributed by atoms with Crippen molar-refractivity contribution in [2.24, 2.45) is 11.8 Å². The van der Waals surface area contributed by atoms with Gasteiger partial charge in [0.1, 0.15) is 11.6 Å². The lowest BCUT2D eigenvalue weighted by atomic mass is 9.74. The zero-order chi connectivity index (χ0) is 26.4.